The number of anilines is 1. The Bertz CT molecular complexity index is 954. The molecular formula is C18H18N2O5S. The van der Waals surface area contributed by atoms with Crippen LogP contribution in [0.3, 0.4) is 0 Å². The van der Waals surface area contributed by atoms with E-state index in [1.165, 1.54) is 38.2 Å². The SMILES string of the molecule is CNC(=O)C1CN(S(=O)(=O)c2ccc(C(C)=O)cc2)c2ccccc2O1. The zero-order chi connectivity index (χ0) is 18.9. The summed E-state index contributed by atoms with van der Waals surface area (Å²) in [5, 5.41) is 2.47. The van der Waals surface area contributed by atoms with E-state index in [1.54, 1.807) is 24.3 Å². The highest BCUT2D eigenvalue weighted by atomic mass is 32.2. The molecule has 0 aliphatic carbocycles. The smallest absolute Gasteiger partial charge is 0.264 e. The lowest BCUT2D eigenvalue weighted by atomic mass is 10.2. The molecule has 0 saturated heterocycles. The van der Waals surface area contributed by atoms with Crippen LogP contribution in [0.4, 0.5) is 5.69 Å². The first-order valence-corrected chi connectivity index (χ1v) is 9.39. The summed E-state index contributed by atoms with van der Waals surface area (Å²) >= 11 is 0. The van der Waals surface area contributed by atoms with Gasteiger partial charge in [0.1, 0.15) is 5.75 Å². The molecule has 1 atom stereocenters. The van der Waals surface area contributed by atoms with Crippen molar-refractivity contribution in [1.29, 1.82) is 0 Å². The second kappa shape index (κ2) is 6.80. The number of amides is 1. The highest BCUT2D eigenvalue weighted by Gasteiger charge is 2.37. The Morgan fingerprint density at radius 1 is 1.12 bits per heavy atom. The average molecular weight is 374 g/mol. The molecule has 0 bridgehead atoms. The number of nitrogens with zero attached hydrogens (tertiary/aromatic N) is 1. The van der Waals surface area contributed by atoms with Crippen LogP contribution in [0.1, 0.15) is 17.3 Å². The van der Waals surface area contributed by atoms with Gasteiger partial charge in [0.15, 0.2) is 11.9 Å². The lowest BCUT2D eigenvalue weighted by molar-refractivity contribution is -0.127. The zero-order valence-corrected chi connectivity index (χ0v) is 15.1. The van der Waals surface area contributed by atoms with Gasteiger partial charge in [-0.25, -0.2) is 8.42 Å². The number of benzene rings is 2. The molecule has 2 aromatic carbocycles. The standard InChI is InChI=1S/C18H18N2O5S/c1-12(21)13-7-9-14(10-8-13)26(23,24)20-11-17(18(22)19-2)25-16-6-4-3-5-15(16)20/h3-10,17H,11H2,1-2H3,(H,19,22). The van der Waals surface area contributed by atoms with Crippen molar-refractivity contribution < 1.29 is 22.7 Å². The summed E-state index contributed by atoms with van der Waals surface area (Å²) in [4.78, 5) is 23.4. The predicted molar refractivity (Wildman–Crippen MR) is 95.9 cm³/mol. The molecule has 3 rings (SSSR count). The van der Waals surface area contributed by atoms with Crippen molar-refractivity contribution in [2.75, 3.05) is 17.9 Å². The molecule has 0 radical (unpaired) electrons. The summed E-state index contributed by atoms with van der Waals surface area (Å²) < 4.78 is 33.1. The Hall–Kier alpha value is -2.87. The molecule has 1 N–H and O–H groups in total. The van der Waals surface area contributed by atoms with Gasteiger partial charge in [0, 0.05) is 12.6 Å². The van der Waals surface area contributed by atoms with Crippen LogP contribution in [-0.4, -0.2) is 39.8 Å². The topological polar surface area (TPSA) is 92.8 Å². The zero-order valence-electron chi connectivity index (χ0n) is 14.3. The van der Waals surface area contributed by atoms with Crippen molar-refractivity contribution in [2.24, 2.45) is 0 Å². The van der Waals surface area contributed by atoms with E-state index in [-0.39, 0.29) is 17.2 Å². The lowest BCUT2D eigenvalue weighted by Gasteiger charge is -2.34. The van der Waals surface area contributed by atoms with E-state index in [0.717, 1.165) is 4.31 Å². The summed E-state index contributed by atoms with van der Waals surface area (Å²) in [7, 11) is -2.47. The number of fused-ring (bicyclic) bond motifs is 1. The fourth-order valence-electron chi connectivity index (χ4n) is 2.72. The van der Waals surface area contributed by atoms with Gasteiger partial charge in [-0.05, 0) is 31.2 Å². The summed E-state index contributed by atoms with van der Waals surface area (Å²) in [6.07, 6.45) is -0.957. The number of hydrogen-bond donors (Lipinski definition) is 1. The van der Waals surface area contributed by atoms with Crippen molar-refractivity contribution in [1.82, 2.24) is 5.32 Å². The Morgan fingerprint density at radius 3 is 2.38 bits per heavy atom. The van der Waals surface area contributed by atoms with E-state index in [1.807, 2.05) is 0 Å². The maximum Gasteiger partial charge on any atom is 0.264 e. The molecule has 0 fully saturated rings. The van der Waals surface area contributed by atoms with Crippen LogP contribution < -0.4 is 14.4 Å². The Kier molecular flexibility index (Phi) is 4.69. The Labute approximate surface area is 151 Å². The minimum absolute atomic E-state index is 0.0369. The van der Waals surface area contributed by atoms with Crippen LogP contribution in [0.15, 0.2) is 53.4 Å². The van der Waals surface area contributed by atoms with Crippen LogP contribution >= 0.6 is 0 Å². The fraction of sp³-hybridized carbons (Fsp3) is 0.222. The first-order valence-electron chi connectivity index (χ1n) is 7.95. The molecule has 1 heterocycles. The Balaban J connectivity index is 2.04. The minimum Gasteiger partial charge on any atom is -0.476 e. The number of ether oxygens (including phenoxy) is 1. The maximum atomic E-state index is 13.1. The number of nitrogens with one attached hydrogen (secondary N) is 1. The number of ketones is 1. The number of carbonyl (C=O) groups is 2. The summed E-state index contributed by atoms with van der Waals surface area (Å²) in [6.45, 7) is 1.27. The molecule has 2 aromatic rings. The molecule has 8 heteroatoms. The molecule has 1 unspecified atom stereocenters. The molecule has 1 aliphatic rings. The van der Waals surface area contributed by atoms with E-state index in [0.29, 0.717) is 17.0 Å². The highest BCUT2D eigenvalue weighted by Crippen LogP contribution is 2.36. The fourth-order valence-corrected chi connectivity index (χ4v) is 4.19. The molecule has 1 amide bonds. The monoisotopic (exact) mass is 374 g/mol. The largest absolute Gasteiger partial charge is 0.476 e. The van der Waals surface area contributed by atoms with Gasteiger partial charge in [0.25, 0.3) is 15.9 Å². The van der Waals surface area contributed by atoms with E-state index < -0.39 is 22.0 Å². The lowest BCUT2D eigenvalue weighted by Crippen LogP contribution is -2.50. The van der Waals surface area contributed by atoms with Crippen molar-refractivity contribution in [3.8, 4) is 5.75 Å². The number of carbonyl (C=O) groups excluding carboxylic acids is 2. The third kappa shape index (κ3) is 3.15. The predicted octanol–water partition coefficient (Wildman–Crippen LogP) is 1.59. The second-order valence-corrected chi connectivity index (χ2v) is 7.67. The first kappa shape index (κ1) is 17.9. The molecule has 7 nitrogen and oxygen atoms in total. The van der Waals surface area contributed by atoms with Gasteiger partial charge in [0.05, 0.1) is 17.1 Å². The van der Waals surface area contributed by atoms with Crippen LogP contribution in [0.2, 0.25) is 0 Å². The minimum atomic E-state index is -3.93. The van der Waals surface area contributed by atoms with E-state index in [4.69, 9.17) is 4.74 Å². The van der Waals surface area contributed by atoms with E-state index >= 15 is 0 Å². The highest BCUT2D eigenvalue weighted by molar-refractivity contribution is 7.92. The number of rotatable bonds is 4. The van der Waals surface area contributed by atoms with E-state index in [2.05, 4.69) is 5.32 Å². The number of Topliss-reactive ketones (excluding diaryl/α,β-unsaturated/α-hetero) is 1. The molecule has 0 saturated carbocycles. The van der Waals surface area contributed by atoms with Crippen molar-refractivity contribution >= 4 is 27.4 Å². The van der Waals surface area contributed by atoms with Gasteiger partial charge in [0.2, 0.25) is 0 Å². The van der Waals surface area contributed by atoms with E-state index in [9.17, 15) is 18.0 Å². The molecule has 0 aromatic heterocycles. The van der Waals surface area contributed by atoms with Crippen LogP contribution in [0.25, 0.3) is 0 Å². The van der Waals surface area contributed by atoms with Gasteiger partial charge in [-0.2, -0.15) is 0 Å². The van der Waals surface area contributed by atoms with Gasteiger partial charge in [-0.3, -0.25) is 13.9 Å². The van der Waals surface area contributed by atoms with Gasteiger partial charge < -0.3 is 10.1 Å². The van der Waals surface area contributed by atoms with Gasteiger partial charge in [-0.1, -0.05) is 24.3 Å². The average Bonchev–Trinajstić information content (AvgIpc) is 2.66. The van der Waals surface area contributed by atoms with Gasteiger partial charge >= 0.3 is 0 Å². The third-order valence-corrected chi connectivity index (χ3v) is 5.92. The summed E-state index contributed by atoms with van der Waals surface area (Å²) in [6, 6.07) is 12.4. The van der Waals surface area contributed by atoms with Crippen molar-refractivity contribution in [3.05, 3.63) is 54.1 Å². The van der Waals surface area contributed by atoms with Crippen molar-refractivity contribution in [3.63, 3.8) is 0 Å². The quantitative estimate of drug-likeness (QED) is 0.821. The van der Waals surface area contributed by atoms with Crippen LogP contribution in [-0.2, 0) is 14.8 Å². The Morgan fingerprint density at radius 2 is 1.77 bits per heavy atom. The maximum absolute atomic E-state index is 13.1. The number of likely N-dealkylation sites (N-methyl/N-ethyl adjacent to an activating group) is 1. The third-order valence-electron chi connectivity index (χ3n) is 4.12. The molecule has 0 spiro atoms. The van der Waals surface area contributed by atoms with Crippen LogP contribution in [0.5, 0.6) is 5.75 Å². The number of sulfonamides is 1. The van der Waals surface area contributed by atoms with Crippen LogP contribution in [0, 0.1) is 0 Å². The summed E-state index contributed by atoms with van der Waals surface area (Å²) in [5.74, 6) is -0.242. The summed E-state index contributed by atoms with van der Waals surface area (Å²) in [5.41, 5.74) is 0.790. The van der Waals surface area contributed by atoms with Gasteiger partial charge in [-0.15, -0.1) is 0 Å². The number of para-hydroxylation sites is 2. The normalized spacial score (nSPS) is 16.4. The molecule has 136 valence electrons. The van der Waals surface area contributed by atoms with Crippen molar-refractivity contribution in [2.45, 2.75) is 17.9 Å². The molecule has 26 heavy (non-hydrogen) atoms. The second-order valence-electron chi connectivity index (χ2n) is 5.81. The number of hydrogen-bond acceptors (Lipinski definition) is 5. The molecule has 1 aliphatic heterocycles. The molecular weight excluding hydrogens is 356 g/mol. The first-order chi connectivity index (χ1) is 12.3.